The van der Waals surface area contributed by atoms with E-state index in [1.54, 1.807) is 24.1 Å². The number of β-amino-alcohol motifs (C(OH)–C–C–N with tert-alkyl or cyclic N) is 1. The minimum Gasteiger partial charge on any atom is -0.392 e. The summed E-state index contributed by atoms with van der Waals surface area (Å²) in [5.41, 5.74) is 0.643. The Kier molecular flexibility index (Phi) is 4.55. The second kappa shape index (κ2) is 6.16. The van der Waals surface area contributed by atoms with E-state index in [2.05, 4.69) is 10.00 Å². The molecule has 1 saturated heterocycles. The van der Waals surface area contributed by atoms with Crippen molar-refractivity contribution in [3.05, 3.63) is 18.0 Å². The molecule has 106 valence electrons. The number of carbonyl (C=O) groups excluding carboxylic acids is 1. The maximum absolute atomic E-state index is 12.2. The van der Waals surface area contributed by atoms with Gasteiger partial charge in [-0.25, -0.2) is 0 Å². The number of rotatable bonds is 4. The Hall–Kier alpha value is -1.40. The van der Waals surface area contributed by atoms with Crippen molar-refractivity contribution in [3.63, 3.8) is 0 Å². The summed E-state index contributed by atoms with van der Waals surface area (Å²) in [6.07, 6.45) is 3.86. The Balaban J connectivity index is 1.84. The molecule has 0 unspecified atom stereocenters. The molecule has 1 aromatic rings. The van der Waals surface area contributed by atoms with Gasteiger partial charge in [0.1, 0.15) is 0 Å². The lowest BCUT2D eigenvalue weighted by Crippen LogP contribution is -2.50. The number of aliphatic hydroxyl groups is 1. The Morgan fingerprint density at radius 1 is 1.42 bits per heavy atom. The Morgan fingerprint density at radius 3 is 2.63 bits per heavy atom. The van der Waals surface area contributed by atoms with E-state index in [0.717, 1.165) is 19.5 Å². The minimum atomic E-state index is -0.263. The van der Waals surface area contributed by atoms with Gasteiger partial charge in [-0.2, -0.15) is 5.10 Å². The zero-order valence-corrected chi connectivity index (χ0v) is 11.6. The molecule has 6 heteroatoms. The third-order valence-corrected chi connectivity index (χ3v) is 3.55. The van der Waals surface area contributed by atoms with Crippen molar-refractivity contribution in [2.45, 2.75) is 19.4 Å². The molecule has 2 heterocycles. The second-order valence-corrected chi connectivity index (χ2v) is 5.06. The maximum Gasteiger partial charge on any atom is 0.257 e. The van der Waals surface area contributed by atoms with Crippen molar-refractivity contribution in [1.29, 1.82) is 0 Å². The summed E-state index contributed by atoms with van der Waals surface area (Å²) in [4.78, 5) is 16.3. The van der Waals surface area contributed by atoms with Crippen LogP contribution in [0.2, 0.25) is 0 Å². The van der Waals surface area contributed by atoms with Crippen LogP contribution in [-0.2, 0) is 7.05 Å². The number of aliphatic hydroxyl groups excluding tert-OH is 1. The van der Waals surface area contributed by atoms with Gasteiger partial charge in [-0.3, -0.25) is 14.4 Å². The average molecular weight is 266 g/mol. The maximum atomic E-state index is 12.2. The lowest BCUT2D eigenvalue weighted by molar-refractivity contribution is 0.0523. The number of hydrogen-bond acceptors (Lipinski definition) is 4. The first-order chi connectivity index (χ1) is 9.10. The van der Waals surface area contributed by atoms with Crippen LogP contribution < -0.4 is 0 Å². The van der Waals surface area contributed by atoms with E-state index in [1.165, 1.54) is 0 Å². The second-order valence-electron chi connectivity index (χ2n) is 5.06. The molecule has 1 fully saturated rings. The Morgan fingerprint density at radius 2 is 2.11 bits per heavy atom. The molecular formula is C13H22N4O2. The van der Waals surface area contributed by atoms with Gasteiger partial charge in [0.15, 0.2) is 0 Å². The molecular weight excluding hydrogens is 244 g/mol. The van der Waals surface area contributed by atoms with Crippen molar-refractivity contribution < 1.29 is 9.90 Å². The molecule has 1 atom stereocenters. The van der Waals surface area contributed by atoms with Crippen LogP contribution in [0, 0.1) is 0 Å². The minimum absolute atomic E-state index is 0.0452. The zero-order valence-electron chi connectivity index (χ0n) is 11.6. The van der Waals surface area contributed by atoms with Crippen LogP contribution in [0.15, 0.2) is 12.4 Å². The molecule has 0 saturated carbocycles. The van der Waals surface area contributed by atoms with Crippen LogP contribution in [0.25, 0.3) is 0 Å². The zero-order chi connectivity index (χ0) is 13.8. The molecule has 1 amide bonds. The molecule has 0 spiro atoms. The van der Waals surface area contributed by atoms with E-state index in [-0.39, 0.29) is 12.0 Å². The van der Waals surface area contributed by atoms with Gasteiger partial charge in [0.25, 0.3) is 5.91 Å². The fourth-order valence-electron chi connectivity index (χ4n) is 2.27. The van der Waals surface area contributed by atoms with Crippen LogP contribution in [0.1, 0.15) is 23.7 Å². The van der Waals surface area contributed by atoms with E-state index in [4.69, 9.17) is 0 Å². The van der Waals surface area contributed by atoms with E-state index >= 15 is 0 Å². The van der Waals surface area contributed by atoms with Crippen LogP contribution >= 0.6 is 0 Å². The smallest absolute Gasteiger partial charge is 0.257 e. The molecule has 0 bridgehead atoms. The van der Waals surface area contributed by atoms with Gasteiger partial charge < -0.3 is 10.0 Å². The van der Waals surface area contributed by atoms with Gasteiger partial charge in [-0.05, 0) is 6.42 Å². The summed E-state index contributed by atoms with van der Waals surface area (Å²) in [6.45, 7) is 5.75. The molecule has 6 nitrogen and oxygen atoms in total. The van der Waals surface area contributed by atoms with E-state index in [0.29, 0.717) is 25.2 Å². The van der Waals surface area contributed by atoms with Gasteiger partial charge in [-0.15, -0.1) is 0 Å². The SMILES string of the molecule is CC[C@H](O)CN1CCN(C(=O)c2cnn(C)c2)CC1. The normalized spacial score (nSPS) is 18.6. The lowest BCUT2D eigenvalue weighted by atomic mass is 10.2. The van der Waals surface area contributed by atoms with E-state index in [1.807, 2.05) is 11.8 Å². The van der Waals surface area contributed by atoms with Gasteiger partial charge >= 0.3 is 0 Å². The molecule has 2 rings (SSSR count). The molecule has 0 aromatic carbocycles. The van der Waals surface area contributed by atoms with Crippen molar-refractivity contribution >= 4 is 5.91 Å². The van der Waals surface area contributed by atoms with E-state index < -0.39 is 0 Å². The highest BCUT2D eigenvalue weighted by atomic mass is 16.3. The summed E-state index contributed by atoms with van der Waals surface area (Å²) in [5, 5.41) is 13.7. The van der Waals surface area contributed by atoms with Crippen LogP contribution in [0.4, 0.5) is 0 Å². The number of nitrogens with zero attached hydrogens (tertiary/aromatic N) is 4. The standard InChI is InChI=1S/C13H22N4O2/c1-3-12(18)10-16-4-6-17(7-5-16)13(19)11-8-14-15(2)9-11/h8-9,12,18H,3-7,10H2,1-2H3/t12-/m0/s1. The summed E-state index contributed by atoms with van der Waals surface area (Å²) in [5.74, 6) is 0.0452. The summed E-state index contributed by atoms with van der Waals surface area (Å²) in [7, 11) is 1.81. The third-order valence-electron chi connectivity index (χ3n) is 3.55. The third kappa shape index (κ3) is 3.54. The van der Waals surface area contributed by atoms with Crippen LogP contribution in [0.3, 0.4) is 0 Å². The highest BCUT2D eigenvalue weighted by Crippen LogP contribution is 2.09. The molecule has 19 heavy (non-hydrogen) atoms. The number of carbonyl (C=O) groups is 1. The van der Waals surface area contributed by atoms with Crippen molar-refractivity contribution in [3.8, 4) is 0 Å². The van der Waals surface area contributed by atoms with Gasteiger partial charge in [0.2, 0.25) is 0 Å². The summed E-state index contributed by atoms with van der Waals surface area (Å²) in [6, 6.07) is 0. The first-order valence-corrected chi connectivity index (χ1v) is 6.78. The Bertz CT molecular complexity index is 424. The lowest BCUT2D eigenvalue weighted by Gasteiger charge is -2.35. The van der Waals surface area contributed by atoms with Gasteiger partial charge in [0.05, 0.1) is 17.9 Å². The number of aryl methyl sites for hydroxylation is 1. The highest BCUT2D eigenvalue weighted by molar-refractivity contribution is 5.93. The highest BCUT2D eigenvalue weighted by Gasteiger charge is 2.23. The molecule has 0 radical (unpaired) electrons. The van der Waals surface area contributed by atoms with Crippen molar-refractivity contribution in [2.24, 2.45) is 7.05 Å². The van der Waals surface area contributed by atoms with Crippen LogP contribution in [0.5, 0.6) is 0 Å². The van der Waals surface area contributed by atoms with Crippen molar-refractivity contribution in [1.82, 2.24) is 19.6 Å². The fourth-order valence-corrected chi connectivity index (χ4v) is 2.27. The first kappa shape index (κ1) is 14.0. The number of aromatic nitrogens is 2. The molecule has 1 aromatic heterocycles. The van der Waals surface area contributed by atoms with Gasteiger partial charge in [-0.1, -0.05) is 6.92 Å². The van der Waals surface area contributed by atoms with Crippen LogP contribution in [-0.4, -0.2) is 69.4 Å². The molecule has 0 aliphatic carbocycles. The number of piperazine rings is 1. The molecule has 1 N–H and O–H groups in total. The summed E-state index contributed by atoms with van der Waals surface area (Å²) < 4.78 is 1.64. The number of amides is 1. The average Bonchev–Trinajstić information content (AvgIpc) is 2.85. The molecule has 1 aliphatic heterocycles. The van der Waals surface area contributed by atoms with Gasteiger partial charge in [0, 0.05) is 46.0 Å². The molecule has 1 aliphatic rings. The first-order valence-electron chi connectivity index (χ1n) is 6.78. The predicted octanol–water partition coefficient (Wildman–Crippen LogP) is -0.0512. The predicted molar refractivity (Wildman–Crippen MR) is 71.8 cm³/mol. The largest absolute Gasteiger partial charge is 0.392 e. The van der Waals surface area contributed by atoms with Crippen molar-refractivity contribution in [2.75, 3.05) is 32.7 Å². The monoisotopic (exact) mass is 266 g/mol. The fraction of sp³-hybridized carbons (Fsp3) is 0.692. The van der Waals surface area contributed by atoms with E-state index in [9.17, 15) is 9.90 Å². The quantitative estimate of drug-likeness (QED) is 0.830. The Labute approximate surface area is 113 Å². The summed E-state index contributed by atoms with van der Waals surface area (Å²) >= 11 is 0. The number of hydrogen-bond donors (Lipinski definition) is 1. The topological polar surface area (TPSA) is 61.6 Å².